The molecule has 1 aliphatic carbocycles. The first-order chi connectivity index (χ1) is 29.6. The van der Waals surface area contributed by atoms with Gasteiger partial charge in [0.25, 0.3) is 0 Å². The number of aliphatic hydroxyl groups is 5. The first-order valence-corrected chi connectivity index (χ1v) is 22.4. The van der Waals surface area contributed by atoms with Crippen LogP contribution >= 0.6 is 0 Å². The first kappa shape index (κ1) is 48.4. The number of carbonyl (C=O) groups excluding carboxylic acids is 3. The molecule has 6 N–H and O–H groups in total. The van der Waals surface area contributed by atoms with Crippen LogP contribution in [-0.4, -0.2) is 147 Å². The Morgan fingerprint density at radius 3 is 2.37 bits per heavy atom. The maximum absolute atomic E-state index is 14.9. The number of hydrogen-bond acceptors (Lipinski definition) is 16. The van der Waals surface area contributed by atoms with E-state index in [-0.39, 0.29) is 32.4 Å². The van der Waals surface area contributed by atoms with E-state index >= 15 is 0 Å². The fraction of sp³-hybridized carbons (Fsp3) is 0.756. The average molecular weight is 877 g/mol. The summed E-state index contributed by atoms with van der Waals surface area (Å²) in [6.45, 7) is 8.59. The topological polar surface area (TPSA) is 232 Å². The van der Waals surface area contributed by atoms with Gasteiger partial charge in [0.05, 0.1) is 32.4 Å². The van der Waals surface area contributed by atoms with Gasteiger partial charge in [-0.3, -0.25) is 19.2 Å². The van der Waals surface area contributed by atoms with Crippen LogP contribution in [0.2, 0.25) is 0 Å². The molecule has 1 saturated carbocycles. The molecule has 62 heavy (non-hydrogen) atoms. The van der Waals surface area contributed by atoms with Crippen molar-refractivity contribution >= 4 is 23.9 Å². The normalized spacial score (nSPS) is 33.3. The fourth-order valence-electron chi connectivity index (χ4n) is 9.43. The maximum Gasteiger partial charge on any atom is 0.327 e. The molecule has 17 heteroatoms. The molecule has 0 aromatic heterocycles. The highest BCUT2D eigenvalue weighted by atomic mass is 16.8. The molecule has 2 unspecified atom stereocenters. The quantitative estimate of drug-likeness (QED) is 0.0770. The van der Waals surface area contributed by atoms with Gasteiger partial charge in [-0.2, -0.15) is 5.06 Å². The molecule has 4 saturated heterocycles. The van der Waals surface area contributed by atoms with E-state index in [0.29, 0.717) is 12.8 Å². The molecule has 4 heterocycles. The van der Waals surface area contributed by atoms with E-state index in [2.05, 4.69) is 19.2 Å². The Balaban J connectivity index is 1.24. The zero-order valence-electron chi connectivity index (χ0n) is 36.7. The molecule has 17 nitrogen and oxygen atoms in total. The van der Waals surface area contributed by atoms with Gasteiger partial charge in [0.2, 0.25) is 5.91 Å². The van der Waals surface area contributed by atoms with E-state index in [4.69, 9.17) is 33.3 Å². The number of ether oxygens (including phenoxy) is 6. The summed E-state index contributed by atoms with van der Waals surface area (Å²) in [6.07, 6.45) is 0.526. The molecule has 348 valence electrons. The van der Waals surface area contributed by atoms with E-state index in [0.717, 1.165) is 49.7 Å². The van der Waals surface area contributed by atoms with E-state index in [9.17, 15) is 39.9 Å². The molecule has 6 rings (SSSR count). The van der Waals surface area contributed by atoms with Gasteiger partial charge in [0.1, 0.15) is 59.8 Å². The summed E-state index contributed by atoms with van der Waals surface area (Å²) in [7, 11) is 0. The molecular formula is C45H68N2O15. The highest BCUT2D eigenvalue weighted by molar-refractivity contribution is 5.93. The number of benzene rings is 1. The van der Waals surface area contributed by atoms with Crippen molar-refractivity contribution in [1.82, 2.24) is 10.4 Å². The van der Waals surface area contributed by atoms with Gasteiger partial charge in [0.15, 0.2) is 18.1 Å². The van der Waals surface area contributed by atoms with Crippen LogP contribution in [0.25, 0.3) is 6.08 Å². The van der Waals surface area contributed by atoms with Crippen LogP contribution in [0.3, 0.4) is 0 Å². The lowest BCUT2D eigenvalue weighted by Crippen LogP contribution is -2.70. The van der Waals surface area contributed by atoms with Crippen molar-refractivity contribution in [3.63, 3.8) is 0 Å². The lowest BCUT2D eigenvalue weighted by molar-refractivity contribution is -0.298. The largest absolute Gasteiger partial charge is 0.460 e. The van der Waals surface area contributed by atoms with Crippen molar-refractivity contribution in [3.05, 3.63) is 41.5 Å². The number of unbranched alkanes of at least 4 members (excludes halogenated alkanes) is 4. The van der Waals surface area contributed by atoms with Gasteiger partial charge < -0.3 is 59.3 Å². The monoisotopic (exact) mass is 876 g/mol. The summed E-state index contributed by atoms with van der Waals surface area (Å²) >= 11 is 0. The third-order valence-corrected chi connectivity index (χ3v) is 12.5. The minimum atomic E-state index is -1.56. The number of amides is 1. The van der Waals surface area contributed by atoms with Crippen molar-refractivity contribution in [2.45, 2.75) is 190 Å². The predicted molar refractivity (Wildman–Crippen MR) is 221 cm³/mol. The Morgan fingerprint density at radius 2 is 1.71 bits per heavy atom. The summed E-state index contributed by atoms with van der Waals surface area (Å²) in [5.74, 6) is -2.54. The minimum Gasteiger partial charge on any atom is -0.460 e. The molecule has 2 bridgehead atoms. The SMILES string of the molecule is CCCCCC1(CCCCC)O[C@@H]2[C@H]3ON(Cc4cccc(C=CCO[C@H]5O[C@H](CO)[C@H](O)[C@H](O)[C@H]5O)c4)[C@H]4C(=O)OC(CC34C(=O)N[C@H](CO)CCC(=O)OC(C)(C)C)[C@@H]2O1. The number of fused-ring (bicyclic) bond motifs is 4. The molecule has 12 atom stereocenters. The molecule has 1 aromatic carbocycles. The number of aliphatic hydroxyl groups excluding tert-OH is 5. The van der Waals surface area contributed by atoms with Crippen molar-refractivity contribution < 1.29 is 73.2 Å². The Bertz CT molecular complexity index is 1690. The van der Waals surface area contributed by atoms with Gasteiger partial charge in [-0.25, -0.2) is 0 Å². The summed E-state index contributed by atoms with van der Waals surface area (Å²) in [5, 5.41) is 54.9. The third kappa shape index (κ3) is 10.7. The van der Waals surface area contributed by atoms with Crippen LogP contribution in [0.4, 0.5) is 0 Å². The third-order valence-electron chi connectivity index (χ3n) is 12.5. The summed E-state index contributed by atoms with van der Waals surface area (Å²) in [6, 6.07) is 5.42. The highest BCUT2D eigenvalue weighted by Gasteiger charge is 2.76. The number of nitrogens with zero attached hydrogens (tertiary/aromatic N) is 1. The van der Waals surface area contributed by atoms with E-state index in [1.165, 1.54) is 5.06 Å². The highest BCUT2D eigenvalue weighted by Crippen LogP contribution is 2.58. The standard InChI is InChI=1S/C45H68N2O15/c1-6-8-10-19-44(20-11-9-7-2)60-36-30-23-45(42(55)46-29(25-48)17-18-32(50)59-43(3,4)5)38(40(54)57-30)47(62-39(45)37(36)61-44)24-28-15-12-14-27(22-28)16-13-21-56-41-35(53)34(52)33(51)31(26-49)58-41/h12-16,22,29-31,33-39,41,48-49,51-53H,6-11,17-21,23-26H2,1-5H3,(H,46,55)/t29-,30?,31+,33-,34-,35+,36-,37-,38-,39+,41-,45?/m0/s1. The van der Waals surface area contributed by atoms with Crippen LogP contribution in [0, 0.1) is 5.41 Å². The molecule has 5 aliphatic rings. The number of hydrogen-bond donors (Lipinski definition) is 6. The number of rotatable bonds is 21. The molecule has 5 fully saturated rings. The zero-order chi connectivity index (χ0) is 44.8. The number of esters is 2. The van der Waals surface area contributed by atoms with Crippen molar-refractivity contribution in [2.75, 3.05) is 19.8 Å². The second-order valence-corrected chi connectivity index (χ2v) is 18.4. The Morgan fingerprint density at radius 1 is 1.00 bits per heavy atom. The van der Waals surface area contributed by atoms with E-state index in [1.54, 1.807) is 32.9 Å². The van der Waals surface area contributed by atoms with Crippen molar-refractivity contribution in [2.24, 2.45) is 5.41 Å². The second-order valence-electron chi connectivity index (χ2n) is 18.4. The van der Waals surface area contributed by atoms with Crippen LogP contribution in [0.1, 0.15) is 116 Å². The van der Waals surface area contributed by atoms with Crippen molar-refractivity contribution in [3.8, 4) is 0 Å². The number of carbonyl (C=O) groups is 3. The summed E-state index contributed by atoms with van der Waals surface area (Å²) in [4.78, 5) is 48.6. The lowest BCUT2D eigenvalue weighted by Gasteiger charge is -2.49. The lowest BCUT2D eigenvalue weighted by atomic mass is 9.62. The molecular weight excluding hydrogens is 808 g/mol. The number of hydroxylamine groups is 2. The van der Waals surface area contributed by atoms with Crippen LogP contribution < -0.4 is 5.32 Å². The Labute approximate surface area is 363 Å². The zero-order valence-corrected chi connectivity index (χ0v) is 36.7. The number of nitrogens with one attached hydrogen (secondary N) is 1. The van der Waals surface area contributed by atoms with Gasteiger partial charge in [-0.05, 0) is 51.2 Å². The van der Waals surface area contributed by atoms with Gasteiger partial charge in [-0.15, -0.1) is 0 Å². The minimum absolute atomic E-state index is 0.0356. The summed E-state index contributed by atoms with van der Waals surface area (Å²) < 4.78 is 36.5. The maximum atomic E-state index is 14.9. The van der Waals surface area contributed by atoms with Crippen molar-refractivity contribution in [1.29, 1.82) is 0 Å². The Kier molecular flexibility index (Phi) is 16.3. The van der Waals surface area contributed by atoms with Crippen LogP contribution in [0.15, 0.2) is 30.3 Å². The molecule has 0 radical (unpaired) electrons. The van der Waals surface area contributed by atoms with E-state index in [1.807, 2.05) is 24.3 Å². The van der Waals surface area contributed by atoms with Gasteiger partial charge in [0, 0.05) is 25.7 Å². The second kappa shape index (κ2) is 20.8. The van der Waals surface area contributed by atoms with E-state index < -0.39 is 115 Å². The smallest absolute Gasteiger partial charge is 0.327 e. The predicted octanol–water partition coefficient (Wildman–Crippen LogP) is 2.56. The van der Waals surface area contributed by atoms with Gasteiger partial charge in [-0.1, -0.05) is 75.9 Å². The average Bonchev–Trinajstić information content (AvgIpc) is 3.79. The first-order valence-electron chi connectivity index (χ1n) is 22.4. The molecule has 1 amide bonds. The molecule has 4 aliphatic heterocycles. The van der Waals surface area contributed by atoms with Gasteiger partial charge >= 0.3 is 11.9 Å². The summed E-state index contributed by atoms with van der Waals surface area (Å²) in [5.41, 5.74) is -0.698. The fourth-order valence-corrected chi connectivity index (χ4v) is 9.43. The Hall–Kier alpha value is -3.07. The molecule has 1 aromatic rings. The van der Waals surface area contributed by atoms with Crippen LogP contribution in [-0.2, 0) is 54.2 Å². The molecule has 0 spiro atoms. The van der Waals surface area contributed by atoms with Crippen LogP contribution in [0.5, 0.6) is 0 Å².